The maximum Gasteiger partial charge on any atom is 0.256 e. The van der Waals surface area contributed by atoms with Crippen molar-refractivity contribution in [1.82, 2.24) is 30.7 Å². The number of nitrogens with zero attached hydrogens (tertiary/aromatic N) is 4. The van der Waals surface area contributed by atoms with E-state index in [9.17, 15) is 4.79 Å². The lowest BCUT2D eigenvalue weighted by atomic mass is 9.90. The molecule has 156 valence electrons. The lowest BCUT2D eigenvalue weighted by Gasteiger charge is -2.26. The van der Waals surface area contributed by atoms with E-state index in [1.54, 1.807) is 13.2 Å². The smallest absolute Gasteiger partial charge is 0.256 e. The van der Waals surface area contributed by atoms with Crippen LogP contribution in [-0.2, 0) is 13.6 Å². The molecule has 29 heavy (non-hydrogen) atoms. The Morgan fingerprint density at radius 2 is 2.14 bits per heavy atom. The number of likely N-dealkylation sites (N-methyl/N-ethyl adjacent to an activating group) is 1. The Hall–Kier alpha value is -2.29. The van der Waals surface area contributed by atoms with Crippen LogP contribution in [0.2, 0.25) is 0 Å². The molecular formula is C21H31N7O. The van der Waals surface area contributed by atoms with Gasteiger partial charge in [-0.2, -0.15) is 9.90 Å². The first-order valence-electron chi connectivity index (χ1n) is 10.5. The molecule has 2 aromatic rings. The number of fused-ring (bicyclic) bond motifs is 1. The van der Waals surface area contributed by atoms with Gasteiger partial charge in [-0.25, -0.2) is 0 Å². The minimum absolute atomic E-state index is 0.169. The van der Waals surface area contributed by atoms with Crippen LogP contribution >= 0.6 is 0 Å². The maximum absolute atomic E-state index is 12.5. The highest BCUT2D eigenvalue weighted by Crippen LogP contribution is 2.29. The quantitative estimate of drug-likeness (QED) is 0.690. The van der Waals surface area contributed by atoms with Crippen molar-refractivity contribution in [3.8, 4) is 0 Å². The van der Waals surface area contributed by atoms with E-state index in [1.807, 2.05) is 18.2 Å². The van der Waals surface area contributed by atoms with Crippen molar-refractivity contribution in [3.63, 3.8) is 0 Å². The molecule has 0 bridgehead atoms. The van der Waals surface area contributed by atoms with Gasteiger partial charge in [0.2, 0.25) is 0 Å². The topological polar surface area (TPSA) is 87.1 Å². The van der Waals surface area contributed by atoms with Crippen molar-refractivity contribution in [3.05, 3.63) is 41.6 Å². The summed E-state index contributed by atoms with van der Waals surface area (Å²) in [6, 6.07) is 8.89. The number of aromatic nitrogens is 3. The van der Waals surface area contributed by atoms with Crippen molar-refractivity contribution in [2.24, 2.45) is 13.0 Å². The zero-order chi connectivity index (χ0) is 20.2. The summed E-state index contributed by atoms with van der Waals surface area (Å²) in [4.78, 5) is 16.3. The van der Waals surface area contributed by atoms with Crippen LogP contribution in [0, 0.1) is 5.92 Å². The Balaban J connectivity index is 1.34. The number of aryl methyl sites for hydroxylation is 1. The standard InChI is InChI=1S/C21H31N7O/c1-27(14-19-17-9-4-3-5-10-18(17)24-25-19)13-15-7-6-8-16(11-15)21(29)23-20-12-22-28(2)26-20/h6-8,11-12,17-19,24-25H,3-5,9-10,13-14H2,1-2H3,(H,23,26,29). The highest BCUT2D eigenvalue weighted by Gasteiger charge is 2.36. The van der Waals surface area contributed by atoms with Gasteiger partial charge in [0.05, 0.1) is 6.20 Å². The monoisotopic (exact) mass is 397 g/mol. The summed E-state index contributed by atoms with van der Waals surface area (Å²) in [5.74, 6) is 1.000. The van der Waals surface area contributed by atoms with E-state index in [0.717, 1.165) is 18.7 Å². The first-order chi connectivity index (χ1) is 14.1. The first kappa shape index (κ1) is 20.0. The lowest BCUT2D eigenvalue weighted by molar-refractivity contribution is 0.102. The summed E-state index contributed by atoms with van der Waals surface area (Å²) in [5.41, 5.74) is 8.81. The minimum Gasteiger partial charge on any atom is -0.304 e. The summed E-state index contributed by atoms with van der Waals surface area (Å²) < 4.78 is 0. The van der Waals surface area contributed by atoms with Gasteiger partial charge in [0.1, 0.15) is 0 Å². The highest BCUT2D eigenvalue weighted by molar-refractivity contribution is 6.03. The number of amides is 1. The van der Waals surface area contributed by atoms with Crippen molar-refractivity contribution in [1.29, 1.82) is 0 Å². The lowest BCUT2D eigenvalue weighted by Crippen LogP contribution is -2.41. The summed E-state index contributed by atoms with van der Waals surface area (Å²) >= 11 is 0. The molecule has 8 nitrogen and oxygen atoms in total. The molecule has 1 saturated heterocycles. The van der Waals surface area contributed by atoms with Gasteiger partial charge in [0.15, 0.2) is 5.82 Å². The molecule has 4 rings (SSSR count). The van der Waals surface area contributed by atoms with E-state index in [1.165, 1.54) is 36.9 Å². The molecule has 1 aliphatic heterocycles. The van der Waals surface area contributed by atoms with Crippen molar-refractivity contribution >= 4 is 11.7 Å². The van der Waals surface area contributed by atoms with Gasteiger partial charge in [-0.3, -0.25) is 15.6 Å². The van der Waals surface area contributed by atoms with E-state index in [-0.39, 0.29) is 5.91 Å². The van der Waals surface area contributed by atoms with Gasteiger partial charge < -0.3 is 10.2 Å². The number of benzene rings is 1. The van der Waals surface area contributed by atoms with Gasteiger partial charge in [0.25, 0.3) is 5.91 Å². The largest absolute Gasteiger partial charge is 0.304 e. The van der Waals surface area contributed by atoms with Crippen LogP contribution in [0.1, 0.15) is 48.0 Å². The second-order valence-electron chi connectivity index (χ2n) is 8.37. The number of nitrogens with one attached hydrogen (secondary N) is 3. The van der Waals surface area contributed by atoms with Crippen LogP contribution in [0.15, 0.2) is 30.5 Å². The second-order valence-corrected chi connectivity index (χ2v) is 8.37. The molecule has 0 radical (unpaired) electrons. The molecule has 1 amide bonds. The molecule has 1 aromatic carbocycles. The van der Waals surface area contributed by atoms with E-state index >= 15 is 0 Å². The van der Waals surface area contributed by atoms with Crippen molar-refractivity contribution in [2.45, 2.75) is 50.7 Å². The Morgan fingerprint density at radius 1 is 1.28 bits per heavy atom. The van der Waals surface area contributed by atoms with Crippen LogP contribution < -0.4 is 16.2 Å². The fourth-order valence-corrected chi connectivity index (χ4v) is 4.61. The van der Waals surface area contributed by atoms with E-state index in [0.29, 0.717) is 29.4 Å². The van der Waals surface area contributed by atoms with Crippen LogP contribution in [0.25, 0.3) is 0 Å². The van der Waals surface area contributed by atoms with Crippen molar-refractivity contribution < 1.29 is 4.79 Å². The average Bonchev–Trinajstić information content (AvgIpc) is 3.19. The number of rotatable bonds is 6. The average molecular weight is 398 g/mol. The summed E-state index contributed by atoms with van der Waals surface area (Å²) in [6.07, 6.45) is 8.16. The predicted molar refractivity (Wildman–Crippen MR) is 112 cm³/mol. The molecule has 2 fully saturated rings. The SMILES string of the molecule is CN(Cc1cccc(C(=O)Nc2cnn(C)n2)c1)CC1NNC2CCCCCC21. The molecule has 8 heteroatoms. The molecule has 3 atom stereocenters. The Labute approximate surface area is 172 Å². The number of carbonyl (C=O) groups excluding carboxylic acids is 1. The molecule has 3 unspecified atom stereocenters. The molecule has 1 aromatic heterocycles. The number of hydrazine groups is 1. The zero-order valence-electron chi connectivity index (χ0n) is 17.3. The predicted octanol–water partition coefficient (Wildman–Crippen LogP) is 1.92. The number of carbonyl (C=O) groups is 1. The molecule has 2 heterocycles. The molecular weight excluding hydrogens is 366 g/mol. The third-order valence-electron chi connectivity index (χ3n) is 6.03. The fraction of sp³-hybridized carbons (Fsp3) is 0.571. The third kappa shape index (κ3) is 5.01. The Bertz CT molecular complexity index is 836. The van der Waals surface area contributed by atoms with Gasteiger partial charge in [-0.05, 0) is 43.5 Å². The van der Waals surface area contributed by atoms with Gasteiger partial charge in [-0.1, -0.05) is 31.4 Å². The van der Waals surface area contributed by atoms with Crippen LogP contribution in [0.3, 0.4) is 0 Å². The number of anilines is 1. The van der Waals surface area contributed by atoms with Crippen LogP contribution in [0.4, 0.5) is 5.82 Å². The molecule has 3 N–H and O–H groups in total. The van der Waals surface area contributed by atoms with E-state index in [4.69, 9.17) is 0 Å². The van der Waals surface area contributed by atoms with E-state index in [2.05, 4.69) is 44.4 Å². The third-order valence-corrected chi connectivity index (χ3v) is 6.03. The van der Waals surface area contributed by atoms with Gasteiger partial charge in [-0.15, -0.1) is 5.10 Å². The highest BCUT2D eigenvalue weighted by atomic mass is 16.1. The number of hydrogen-bond acceptors (Lipinski definition) is 6. The van der Waals surface area contributed by atoms with Gasteiger partial charge in [0, 0.05) is 37.8 Å². The van der Waals surface area contributed by atoms with Crippen LogP contribution in [-0.4, -0.2) is 51.5 Å². The fourth-order valence-electron chi connectivity index (χ4n) is 4.61. The van der Waals surface area contributed by atoms with Gasteiger partial charge >= 0.3 is 0 Å². The molecule has 1 aliphatic carbocycles. The van der Waals surface area contributed by atoms with Crippen LogP contribution in [0.5, 0.6) is 0 Å². The molecule has 1 saturated carbocycles. The summed E-state index contributed by atoms with van der Waals surface area (Å²) in [7, 11) is 3.87. The maximum atomic E-state index is 12.5. The first-order valence-corrected chi connectivity index (χ1v) is 10.5. The Kier molecular flexibility index (Phi) is 6.22. The Morgan fingerprint density at radius 3 is 2.97 bits per heavy atom. The normalized spacial score (nSPS) is 24.3. The second kappa shape index (κ2) is 9.02. The summed E-state index contributed by atoms with van der Waals surface area (Å²) in [6.45, 7) is 1.80. The number of hydrogen-bond donors (Lipinski definition) is 3. The van der Waals surface area contributed by atoms with Crippen molar-refractivity contribution in [2.75, 3.05) is 18.9 Å². The van der Waals surface area contributed by atoms with E-state index < -0.39 is 0 Å². The zero-order valence-corrected chi connectivity index (χ0v) is 17.3. The summed E-state index contributed by atoms with van der Waals surface area (Å²) in [5, 5.41) is 10.9. The molecule has 0 spiro atoms. The molecule has 2 aliphatic rings. The minimum atomic E-state index is -0.169.